The van der Waals surface area contributed by atoms with Gasteiger partial charge in [-0.3, -0.25) is 9.89 Å². The van der Waals surface area contributed by atoms with E-state index in [1.165, 1.54) is 0 Å². The Kier molecular flexibility index (Phi) is 3.16. The molecule has 3 aromatic heterocycles. The number of fused-ring (bicyclic) bond motifs is 1. The molecule has 6 heteroatoms. The Hall–Kier alpha value is -2.60. The van der Waals surface area contributed by atoms with E-state index in [0.29, 0.717) is 12.2 Å². The van der Waals surface area contributed by atoms with Gasteiger partial charge in [0.15, 0.2) is 5.82 Å². The predicted molar refractivity (Wildman–Crippen MR) is 85.6 cm³/mol. The predicted octanol–water partition coefficient (Wildman–Crippen LogP) is 3.87. The Morgan fingerprint density at radius 3 is 3.09 bits per heavy atom. The quantitative estimate of drug-likeness (QED) is 0.771. The highest BCUT2D eigenvalue weighted by atomic mass is 32.1. The maximum Gasteiger partial charge on any atom is 0.226 e. The molecule has 0 bridgehead atoms. The molecule has 0 saturated heterocycles. The number of hydrogen-bond acceptors (Lipinski definition) is 4. The summed E-state index contributed by atoms with van der Waals surface area (Å²) in [4.78, 5) is 13.0. The van der Waals surface area contributed by atoms with E-state index in [1.54, 1.807) is 17.6 Å². The maximum absolute atomic E-state index is 11.9. The highest BCUT2D eigenvalue weighted by molar-refractivity contribution is 7.13. The van der Waals surface area contributed by atoms with E-state index in [0.717, 1.165) is 21.9 Å². The average molecular weight is 311 g/mol. The zero-order valence-electron chi connectivity index (χ0n) is 11.6. The molecule has 110 valence electrons. The number of allylic oxidation sites excluding steroid dienone is 1. The molecule has 4 heterocycles. The molecule has 1 aliphatic rings. The number of nitrogens with one attached hydrogen (secondary N) is 2. The van der Waals surface area contributed by atoms with Crippen molar-refractivity contribution in [3.63, 3.8) is 0 Å². The van der Waals surface area contributed by atoms with Crippen molar-refractivity contribution in [2.75, 3.05) is 5.32 Å². The normalized spacial score (nSPS) is 17.6. The van der Waals surface area contributed by atoms with Gasteiger partial charge in [0.2, 0.25) is 5.91 Å². The summed E-state index contributed by atoms with van der Waals surface area (Å²) in [5, 5.41) is 12.2. The minimum Gasteiger partial charge on any atom is -0.465 e. The molecule has 2 N–H and O–H groups in total. The maximum atomic E-state index is 11.9. The van der Waals surface area contributed by atoms with E-state index in [9.17, 15) is 4.79 Å². The molecule has 4 rings (SSSR count). The Bertz CT molecular complexity index is 816. The van der Waals surface area contributed by atoms with E-state index >= 15 is 0 Å². The second-order valence-electron chi connectivity index (χ2n) is 5.07. The molecule has 0 fully saturated rings. The summed E-state index contributed by atoms with van der Waals surface area (Å²) in [5.74, 6) is 1.35. The Balaban J connectivity index is 1.75. The van der Waals surface area contributed by atoms with Gasteiger partial charge >= 0.3 is 0 Å². The fraction of sp³-hybridized carbons (Fsp3) is 0.125. The minimum atomic E-state index is -0.0234. The summed E-state index contributed by atoms with van der Waals surface area (Å²) in [5.41, 5.74) is 2.00. The van der Waals surface area contributed by atoms with Gasteiger partial charge in [-0.1, -0.05) is 12.1 Å². The number of carbonyl (C=O) groups excluding carboxylic acids is 1. The smallest absolute Gasteiger partial charge is 0.226 e. The van der Waals surface area contributed by atoms with Crippen LogP contribution < -0.4 is 5.32 Å². The van der Waals surface area contributed by atoms with Crippen LogP contribution in [0.4, 0.5) is 5.82 Å². The molecule has 0 aromatic carbocycles. The molecule has 0 saturated carbocycles. The van der Waals surface area contributed by atoms with Gasteiger partial charge in [-0.15, -0.1) is 11.3 Å². The van der Waals surface area contributed by atoms with Gasteiger partial charge in [-0.05, 0) is 29.7 Å². The summed E-state index contributed by atoms with van der Waals surface area (Å²) < 4.78 is 5.31. The average Bonchev–Trinajstić information content (AvgIpc) is 3.24. The molecule has 1 atom stereocenters. The fourth-order valence-electron chi connectivity index (χ4n) is 2.66. The van der Waals surface area contributed by atoms with E-state index in [4.69, 9.17) is 4.42 Å². The van der Waals surface area contributed by atoms with Crippen molar-refractivity contribution in [1.82, 2.24) is 10.2 Å². The third-order valence-electron chi connectivity index (χ3n) is 3.64. The van der Waals surface area contributed by atoms with Crippen molar-refractivity contribution in [2.24, 2.45) is 0 Å². The number of anilines is 1. The van der Waals surface area contributed by atoms with E-state index in [1.807, 2.05) is 41.8 Å². The Morgan fingerprint density at radius 1 is 1.36 bits per heavy atom. The fourth-order valence-corrected chi connectivity index (χ4v) is 3.40. The summed E-state index contributed by atoms with van der Waals surface area (Å²) >= 11 is 1.65. The molecule has 1 amide bonds. The van der Waals surface area contributed by atoms with Crippen molar-refractivity contribution >= 4 is 29.1 Å². The number of hydrogen-bond donors (Lipinski definition) is 2. The number of rotatable bonds is 3. The zero-order valence-corrected chi connectivity index (χ0v) is 12.4. The van der Waals surface area contributed by atoms with Gasteiger partial charge in [0.25, 0.3) is 0 Å². The standard InChI is InChI=1S/C16H13N3O2S/c20-13-9-10(5-6-11-3-1-7-21-11)14-15(12-4-2-8-22-12)18-19-16(14)17-13/h1-8,10H,9H2,(H2,17,18,19,20)/b6-5+/t10-/m0/s1. The molecule has 1 aliphatic heterocycles. The molecule has 0 spiro atoms. The van der Waals surface area contributed by atoms with Gasteiger partial charge in [0.1, 0.15) is 5.76 Å². The Morgan fingerprint density at radius 2 is 2.32 bits per heavy atom. The lowest BCUT2D eigenvalue weighted by molar-refractivity contribution is -0.116. The number of carbonyl (C=O) groups is 1. The number of thiophene rings is 1. The van der Waals surface area contributed by atoms with Crippen LogP contribution in [-0.4, -0.2) is 16.1 Å². The van der Waals surface area contributed by atoms with Crippen molar-refractivity contribution in [3.8, 4) is 10.6 Å². The first-order valence-electron chi connectivity index (χ1n) is 6.95. The third-order valence-corrected chi connectivity index (χ3v) is 4.53. The molecular formula is C16H13N3O2S. The summed E-state index contributed by atoms with van der Waals surface area (Å²) in [6.45, 7) is 0. The van der Waals surface area contributed by atoms with Crippen LogP contribution in [0.2, 0.25) is 0 Å². The third kappa shape index (κ3) is 2.27. The van der Waals surface area contributed by atoms with Gasteiger partial charge in [0.05, 0.1) is 16.8 Å². The molecule has 0 aliphatic carbocycles. The van der Waals surface area contributed by atoms with E-state index in [-0.39, 0.29) is 11.8 Å². The highest BCUT2D eigenvalue weighted by Gasteiger charge is 2.29. The summed E-state index contributed by atoms with van der Waals surface area (Å²) in [7, 11) is 0. The van der Waals surface area contributed by atoms with Crippen LogP contribution in [0.5, 0.6) is 0 Å². The van der Waals surface area contributed by atoms with Crippen molar-refractivity contribution in [3.05, 3.63) is 53.3 Å². The first kappa shape index (κ1) is 13.1. The minimum absolute atomic E-state index is 0.0224. The van der Waals surface area contributed by atoms with Crippen LogP contribution in [0.1, 0.15) is 23.7 Å². The molecule has 22 heavy (non-hydrogen) atoms. The van der Waals surface area contributed by atoms with Crippen molar-refractivity contribution in [2.45, 2.75) is 12.3 Å². The van der Waals surface area contributed by atoms with Crippen LogP contribution in [0.3, 0.4) is 0 Å². The van der Waals surface area contributed by atoms with E-state index in [2.05, 4.69) is 15.5 Å². The summed E-state index contributed by atoms with van der Waals surface area (Å²) in [6, 6.07) is 7.77. The van der Waals surface area contributed by atoms with Crippen LogP contribution >= 0.6 is 11.3 Å². The number of amides is 1. The monoisotopic (exact) mass is 311 g/mol. The molecule has 5 nitrogen and oxygen atoms in total. The van der Waals surface area contributed by atoms with Gasteiger partial charge in [0, 0.05) is 17.9 Å². The van der Waals surface area contributed by atoms with Crippen molar-refractivity contribution in [1.29, 1.82) is 0 Å². The van der Waals surface area contributed by atoms with Crippen molar-refractivity contribution < 1.29 is 9.21 Å². The molecule has 0 unspecified atom stereocenters. The second kappa shape index (κ2) is 5.31. The SMILES string of the molecule is O=C1C[C@H](/C=C/c2ccco2)c2c(n[nH]c2-c2cccs2)N1. The number of aromatic amines is 1. The summed E-state index contributed by atoms with van der Waals surface area (Å²) in [6.07, 6.45) is 5.94. The Labute approximate surface area is 130 Å². The molecule has 0 radical (unpaired) electrons. The zero-order chi connectivity index (χ0) is 14.9. The van der Waals surface area contributed by atoms with Gasteiger partial charge in [-0.2, -0.15) is 5.10 Å². The first-order chi connectivity index (χ1) is 10.8. The number of H-pyrrole nitrogens is 1. The largest absolute Gasteiger partial charge is 0.465 e. The van der Waals surface area contributed by atoms with Crippen LogP contribution in [0.25, 0.3) is 16.6 Å². The highest BCUT2D eigenvalue weighted by Crippen LogP contribution is 2.40. The lowest BCUT2D eigenvalue weighted by Crippen LogP contribution is -2.21. The lowest BCUT2D eigenvalue weighted by Gasteiger charge is -2.19. The number of nitrogens with zero attached hydrogens (tertiary/aromatic N) is 1. The van der Waals surface area contributed by atoms with Crippen LogP contribution in [0, 0.1) is 0 Å². The van der Waals surface area contributed by atoms with Gasteiger partial charge < -0.3 is 9.73 Å². The van der Waals surface area contributed by atoms with Crippen LogP contribution in [0.15, 0.2) is 46.4 Å². The second-order valence-corrected chi connectivity index (χ2v) is 6.02. The number of aromatic nitrogens is 2. The van der Waals surface area contributed by atoms with Gasteiger partial charge in [-0.25, -0.2) is 0 Å². The van der Waals surface area contributed by atoms with E-state index < -0.39 is 0 Å². The van der Waals surface area contributed by atoms with Crippen LogP contribution in [-0.2, 0) is 4.79 Å². The topological polar surface area (TPSA) is 70.9 Å². The number of furan rings is 1. The molecular weight excluding hydrogens is 298 g/mol. The lowest BCUT2D eigenvalue weighted by atomic mass is 9.91. The molecule has 3 aromatic rings. The first-order valence-corrected chi connectivity index (χ1v) is 7.83.